The molecule has 0 bridgehead atoms. The fourth-order valence-corrected chi connectivity index (χ4v) is 2.30. The fraction of sp³-hybridized carbons (Fsp3) is 0.444. The highest BCUT2D eigenvalue weighted by Crippen LogP contribution is 2.27. The minimum atomic E-state index is -0.686. The van der Waals surface area contributed by atoms with Crippen LogP contribution in [0, 0.1) is 6.92 Å². The van der Waals surface area contributed by atoms with Gasteiger partial charge in [0.15, 0.2) is 0 Å². The molecule has 14 heavy (non-hydrogen) atoms. The Bertz CT molecular complexity index is 309. The third kappa shape index (κ3) is 3.24. The lowest BCUT2D eigenvalue weighted by Crippen LogP contribution is -2.14. The van der Waals surface area contributed by atoms with Gasteiger partial charge in [-0.05, 0) is 34.5 Å². The van der Waals surface area contributed by atoms with E-state index in [4.69, 9.17) is 10.2 Å². The number of thioether (sulfide) groups is 1. The molecule has 2 N–H and O–H groups in total. The summed E-state index contributed by atoms with van der Waals surface area (Å²) in [6, 6.07) is 1.91. The number of halogens is 1. The van der Waals surface area contributed by atoms with E-state index in [-0.39, 0.29) is 6.61 Å². The van der Waals surface area contributed by atoms with E-state index in [0.717, 1.165) is 15.1 Å². The first-order chi connectivity index (χ1) is 6.65. The van der Waals surface area contributed by atoms with Crippen LogP contribution in [0.15, 0.2) is 21.8 Å². The highest BCUT2D eigenvalue weighted by atomic mass is 79.9. The van der Waals surface area contributed by atoms with Crippen molar-refractivity contribution in [3.05, 3.63) is 22.3 Å². The zero-order valence-corrected chi connectivity index (χ0v) is 10.2. The molecule has 1 unspecified atom stereocenters. The van der Waals surface area contributed by atoms with Gasteiger partial charge in [0.1, 0.15) is 5.03 Å². The van der Waals surface area contributed by atoms with Crippen molar-refractivity contribution in [1.82, 2.24) is 4.98 Å². The van der Waals surface area contributed by atoms with E-state index in [0.29, 0.717) is 5.75 Å². The first-order valence-corrected chi connectivity index (χ1v) is 5.96. The Hall–Kier alpha value is -0.100. The molecule has 1 rings (SSSR count). The number of nitrogens with zero attached hydrogens (tertiary/aromatic N) is 1. The molecular formula is C9H12BrNO2S. The lowest BCUT2D eigenvalue weighted by Gasteiger charge is -2.08. The Morgan fingerprint density at radius 3 is 3.00 bits per heavy atom. The molecule has 1 aromatic rings. The average molecular weight is 278 g/mol. The molecule has 0 radical (unpaired) electrons. The van der Waals surface area contributed by atoms with Crippen LogP contribution in [0.3, 0.4) is 0 Å². The van der Waals surface area contributed by atoms with Crippen LogP contribution in [-0.4, -0.2) is 33.7 Å². The van der Waals surface area contributed by atoms with E-state index in [9.17, 15) is 0 Å². The maximum absolute atomic E-state index is 9.17. The van der Waals surface area contributed by atoms with E-state index < -0.39 is 6.10 Å². The number of pyridine rings is 1. The summed E-state index contributed by atoms with van der Waals surface area (Å²) in [5.41, 5.74) is 1.11. The molecule has 5 heteroatoms. The molecule has 1 aromatic heterocycles. The lowest BCUT2D eigenvalue weighted by atomic mass is 10.3. The van der Waals surface area contributed by atoms with Crippen molar-refractivity contribution in [2.24, 2.45) is 0 Å². The standard InChI is InChI=1S/C9H12BrNO2S/c1-6-2-3-11-9(8(6)10)14-5-7(13)4-12/h2-3,7,12-13H,4-5H2,1H3. The SMILES string of the molecule is Cc1ccnc(SCC(O)CO)c1Br. The lowest BCUT2D eigenvalue weighted by molar-refractivity contribution is 0.113. The largest absolute Gasteiger partial charge is 0.394 e. The molecule has 0 aliphatic rings. The third-order valence-corrected chi connectivity index (χ3v) is 4.07. The van der Waals surface area contributed by atoms with E-state index >= 15 is 0 Å². The molecule has 3 nitrogen and oxygen atoms in total. The molecule has 0 saturated heterocycles. The van der Waals surface area contributed by atoms with E-state index in [1.54, 1.807) is 6.20 Å². The van der Waals surface area contributed by atoms with E-state index in [1.807, 2.05) is 13.0 Å². The number of hydrogen-bond donors (Lipinski definition) is 2. The van der Waals surface area contributed by atoms with Gasteiger partial charge in [0.2, 0.25) is 0 Å². The monoisotopic (exact) mass is 277 g/mol. The summed E-state index contributed by atoms with van der Waals surface area (Å²) < 4.78 is 0.954. The van der Waals surface area contributed by atoms with Gasteiger partial charge in [0.25, 0.3) is 0 Å². The van der Waals surface area contributed by atoms with Crippen LogP contribution in [0.1, 0.15) is 5.56 Å². The minimum absolute atomic E-state index is 0.212. The molecule has 78 valence electrons. The summed E-state index contributed by atoms with van der Waals surface area (Å²) in [5.74, 6) is 0.450. The highest BCUT2D eigenvalue weighted by Gasteiger charge is 2.07. The number of rotatable bonds is 4. The van der Waals surface area contributed by atoms with Crippen LogP contribution >= 0.6 is 27.7 Å². The summed E-state index contributed by atoms with van der Waals surface area (Å²) in [4.78, 5) is 4.17. The van der Waals surface area contributed by atoms with Gasteiger partial charge in [0.05, 0.1) is 17.2 Å². The van der Waals surface area contributed by atoms with Crippen molar-refractivity contribution in [2.45, 2.75) is 18.1 Å². The van der Waals surface area contributed by atoms with Crippen LogP contribution in [0.4, 0.5) is 0 Å². The van der Waals surface area contributed by atoms with Crippen molar-refractivity contribution in [3.63, 3.8) is 0 Å². The first kappa shape index (κ1) is 12.0. The van der Waals surface area contributed by atoms with Crippen molar-refractivity contribution in [2.75, 3.05) is 12.4 Å². The van der Waals surface area contributed by atoms with Gasteiger partial charge in [-0.3, -0.25) is 0 Å². The molecule has 0 aliphatic carbocycles. The van der Waals surface area contributed by atoms with Gasteiger partial charge in [-0.1, -0.05) is 0 Å². The second kappa shape index (κ2) is 5.70. The van der Waals surface area contributed by atoms with Gasteiger partial charge in [-0.25, -0.2) is 4.98 Å². The van der Waals surface area contributed by atoms with E-state index in [2.05, 4.69) is 20.9 Å². The van der Waals surface area contributed by atoms with Crippen molar-refractivity contribution in [1.29, 1.82) is 0 Å². The quantitative estimate of drug-likeness (QED) is 0.821. The predicted octanol–water partition coefficient (Wildman–Crippen LogP) is 1.60. The fourth-order valence-electron chi connectivity index (χ4n) is 0.844. The summed E-state index contributed by atoms with van der Waals surface area (Å²) >= 11 is 4.85. The number of aliphatic hydroxyl groups excluding tert-OH is 2. The summed E-state index contributed by atoms with van der Waals surface area (Å²) in [5, 5.41) is 18.7. The second-order valence-corrected chi connectivity index (χ2v) is 4.70. The molecule has 1 atom stereocenters. The van der Waals surface area contributed by atoms with Gasteiger partial charge >= 0.3 is 0 Å². The topological polar surface area (TPSA) is 53.4 Å². The molecule has 1 heterocycles. The number of aromatic nitrogens is 1. The van der Waals surface area contributed by atoms with Crippen LogP contribution in [0.25, 0.3) is 0 Å². The zero-order chi connectivity index (χ0) is 10.6. The summed E-state index contributed by atoms with van der Waals surface area (Å²) in [6.45, 7) is 1.77. The molecule has 0 amide bonds. The smallest absolute Gasteiger partial charge is 0.111 e. The molecular weight excluding hydrogens is 266 g/mol. The van der Waals surface area contributed by atoms with Gasteiger partial charge in [-0.2, -0.15) is 0 Å². The Kier molecular flexibility index (Phi) is 4.88. The zero-order valence-electron chi connectivity index (χ0n) is 7.77. The summed E-state index contributed by atoms with van der Waals surface area (Å²) in [6.07, 6.45) is 1.04. The van der Waals surface area contributed by atoms with Crippen LogP contribution in [0.2, 0.25) is 0 Å². The Balaban J connectivity index is 2.63. The van der Waals surface area contributed by atoms with Crippen LogP contribution in [-0.2, 0) is 0 Å². The van der Waals surface area contributed by atoms with E-state index in [1.165, 1.54) is 11.8 Å². The first-order valence-electron chi connectivity index (χ1n) is 4.18. The normalized spacial score (nSPS) is 12.9. The van der Waals surface area contributed by atoms with Crippen molar-refractivity contribution < 1.29 is 10.2 Å². The molecule has 0 saturated carbocycles. The number of aryl methyl sites for hydroxylation is 1. The molecule has 0 spiro atoms. The molecule has 0 aromatic carbocycles. The third-order valence-electron chi connectivity index (χ3n) is 1.67. The van der Waals surface area contributed by atoms with Crippen LogP contribution in [0.5, 0.6) is 0 Å². The summed E-state index contributed by atoms with van der Waals surface area (Å²) in [7, 11) is 0. The number of hydrogen-bond acceptors (Lipinski definition) is 4. The van der Waals surface area contributed by atoms with Gasteiger partial charge in [-0.15, -0.1) is 11.8 Å². The average Bonchev–Trinajstić information content (AvgIpc) is 2.20. The van der Waals surface area contributed by atoms with Crippen LogP contribution < -0.4 is 0 Å². The number of aliphatic hydroxyl groups is 2. The Labute approximate surface area is 95.7 Å². The molecule has 0 aliphatic heterocycles. The molecule has 0 fully saturated rings. The Morgan fingerprint density at radius 2 is 2.36 bits per heavy atom. The maximum Gasteiger partial charge on any atom is 0.111 e. The van der Waals surface area contributed by atoms with Crippen molar-refractivity contribution >= 4 is 27.7 Å². The Morgan fingerprint density at radius 1 is 1.64 bits per heavy atom. The van der Waals surface area contributed by atoms with Crippen molar-refractivity contribution in [3.8, 4) is 0 Å². The predicted molar refractivity (Wildman–Crippen MR) is 60.5 cm³/mol. The van der Waals surface area contributed by atoms with Gasteiger partial charge < -0.3 is 10.2 Å². The highest BCUT2D eigenvalue weighted by molar-refractivity contribution is 9.10. The van der Waals surface area contributed by atoms with Gasteiger partial charge in [0, 0.05) is 11.9 Å². The second-order valence-electron chi connectivity index (χ2n) is 2.89. The minimum Gasteiger partial charge on any atom is -0.394 e. The maximum atomic E-state index is 9.17.